The molecule has 0 radical (unpaired) electrons. The fraction of sp³-hybridized carbons (Fsp3) is 0.250. The molecule has 1 aliphatic rings. The molecule has 2 atom stereocenters. The van der Waals surface area contributed by atoms with Gasteiger partial charge < -0.3 is 24.6 Å². The van der Waals surface area contributed by atoms with Gasteiger partial charge in [-0.1, -0.05) is 67.3 Å². The summed E-state index contributed by atoms with van der Waals surface area (Å²) in [6.45, 7) is 6.73. The van der Waals surface area contributed by atoms with Crippen molar-refractivity contribution in [3.05, 3.63) is 85.0 Å². The second kappa shape index (κ2) is 10.4. The molecular weight excluding hydrogens is 398 g/mol. The molecule has 0 aliphatic heterocycles. The summed E-state index contributed by atoms with van der Waals surface area (Å²) in [5.74, 6) is -0.0916. The number of amides is 1. The van der Waals surface area contributed by atoms with Gasteiger partial charge in [0.25, 0.3) is 0 Å². The van der Waals surface area contributed by atoms with Gasteiger partial charge in [-0.15, -0.1) is 6.58 Å². The van der Waals surface area contributed by atoms with Gasteiger partial charge >= 0.3 is 12.2 Å². The molecule has 2 aromatic rings. The van der Waals surface area contributed by atoms with Crippen molar-refractivity contribution in [2.45, 2.75) is 18.1 Å². The van der Waals surface area contributed by atoms with E-state index in [1.165, 1.54) is 12.2 Å². The van der Waals surface area contributed by atoms with Crippen LogP contribution in [0.25, 0.3) is 11.1 Å². The second-order valence-electron chi connectivity index (χ2n) is 6.96. The summed E-state index contributed by atoms with van der Waals surface area (Å²) in [5.41, 5.74) is 4.43. The number of hydrogen-bond donors (Lipinski definition) is 2. The van der Waals surface area contributed by atoms with E-state index < -0.39 is 24.4 Å². The van der Waals surface area contributed by atoms with Crippen molar-refractivity contribution >= 4 is 12.2 Å². The van der Waals surface area contributed by atoms with Gasteiger partial charge in [0.15, 0.2) is 0 Å². The Balaban J connectivity index is 1.61. The summed E-state index contributed by atoms with van der Waals surface area (Å²) in [5, 5.41) is 12.6. The number of carbonyl (C=O) groups is 2. The minimum absolute atomic E-state index is 0.00663. The standard InChI is InChI=1S/C24H25NO6/c1-3-13-29-24(28)31-15-21(22(26)4-2)25-23(27)30-14-20-18-11-7-5-9-16(18)17-10-6-8-12-19(17)20/h3-12,20-22,26H,1-2,13-15H2,(H,25,27)/t21-,22-/m1/s1. The lowest BCUT2D eigenvalue weighted by Gasteiger charge is -2.22. The lowest BCUT2D eigenvalue weighted by Crippen LogP contribution is -2.46. The van der Waals surface area contributed by atoms with Crippen molar-refractivity contribution in [1.29, 1.82) is 0 Å². The van der Waals surface area contributed by atoms with Crippen molar-refractivity contribution in [3.8, 4) is 11.1 Å². The lowest BCUT2D eigenvalue weighted by atomic mass is 9.98. The first-order valence-electron chi connectivity index (χ1n) is 9.87. The van der Waals surface area contributed by atoms with E-state index in [9.17, 15) is 14.7 Å². The number of benzene rings is 2. The van der Waals surface area contributed by atoms with E-state index in [1.54, 1.807) is 0 Å². The van der Waals surface area contributed by atoms with Gasteiger partial charge in [-0.2, -0.15) is 0 Å². The third-order valence-electron chi connectivity index (χ3n) is 5.00. The molecule has 162 valence electrons. The van der Waals surface area contributed by atoms with Crippen molar-refractivity contribution in [3.63, 3.8) is 0 Å². The Morgan fingerprint density at radius 2 is 1.61 bits per heavy atom. The van der Waals surface area contributed by atoms with Gasteiger partial charge in [-0.3, -0.25) is 0 Å². The third-order valence-corrected chi connectivity index (χ3v) is 5.00. The molecule has 7 nitrogen and oxygen atoms in total. The van der Waals surface area contributed by atoms with E-state index in [0.717, 1.165) is 22.3 Å². The molecule has 1 aliphatic carbocycles. The molecular formula is C24H25NO6. The van der Waals surface area contributed by atoms with E-state index in [-0.39, 0.29) is 25.7 Å². The zero-order valence-electron chi connectivity index (χ0n) is 17.0. The molecule has 0 bridgehead atoms. The molecule has 0 spiro atoms. The van der Waals surface area contributed by atoms with E-state index in [4.69, 9.17) is 14.2 Å². The molecule has 2 aromatic carbocycles. The maximum absolute atomic E-state index is 12.4. The molecule has 0 saturated heterocycles. The minimum atomic E-state index is -1.15. The number of fused-ring (bicyclic) bond motifs is 3. The van der Waals surface area contributed by atoms with Gasteiger partial charge in [-0.25, -0.2) is 9.59 Å². The van der Waals surface area contributed by atoms with E-state index in [0.29, 0.717) is 0 Å². The zero-order chi connectivity index (χ0) is 22.2. The third kappa shape index (κ3) is 5.32. The maximum atomic E-state index is 12.4. The normalized spacial score (nSPS) is 13.8. The summed E-state index contributed by atoms with van der Waals surface area (Å²) in [6.07, 6.45) is -0.196. The number of alkyl carbamates (subject to hydrolysis) is 1. The molecule has 0 aromatic heterocycles. The summed E-state index contributed by atoms with van der Waals surface area (Å²) < 4.78 is 15.1. The van der Waals surface area contributed by atoms with Crippen molar-refractivity contribution < 1.29 is 28.9 Å². The van der Waals surface area contributed by atoms with Crippen molar-refractivity contribution in [2.75, 3.05) is 19.8 Å². The molecule has 1 amide bonds. The van der Waals surface area contributed by atoms with E-state index in [1.807, 2.05) is 48.5 Å². The Labute approximate surface area is 180 Å². The number of aliphatic hydroxyl groups excluding tert-OH is 1. The number of carbonyl (C=O) groups excluding carboxylic acids is 2. The minimum Gasteiger partial charge on any atom is -0.449 e. The van der Waals surface area contributed by atoms with Crippen LogP contribution in [0.2, 0.25) is 0 Å². The quantitative estimate of drug-likeness (QED) is 0.471. The number of hydrogen-bond acceptors (Lipinski definition) is 6. The van der Waals surface area contributed by atoms with Crippen LogP contribution in [0.4, 0.5) is 9.59 Å². The number of rotatable bonds is 9. The lowest BCUT2D eigenvalue weighted by molar-refractivity contribution is 0.0393. The van der Waals surface area contributed by atoms with Crippen LogP contribution in [-0.4, -0.2) is 49.3 Å². The highest BCUT2D eigenvalue weighted by Gasteiger charge is 2.29. The second-order valence-corrected chi connectivity index (χ2v) is 6.96. The first-order chi connectivity index (χ1) is 15.0. The number of nitrogens with one attached hydrogen (secondary N) is 1. The maximum Gasteiger partial charge on any atom is 0.508 e. The largest absolute Gasteiger partial charge is 0.508 e. The van der Waals surface area contributed by atoms with Crippen LogP contribution in [0.3, 0.4) is 0 Å². The summed E-state index contributed by atoms with van der Waals surface area (Å²) in [7, 11) is 0. The van der Waals surface area contributed by atoms with Crippen LogP contribution in [0.5, 0.6) is 0 Å². The first-order valence-corrected chi connectivity index (χ1v) is 9.87. The van der Waals surface area contributed by atoms with Gasteiger partial charge in [-0.05, 0) is 22.3 Å². The average Bonchev–Trinajstić information content (AvgIpc) is 3.12. The van der Waals surface area contributed by atoms with Crippen LogP contribution in [-0.2, 0) is 14.2 Å². The monoisotopic (exact) mass is 423 g/mol. The Hall–Kier alpha value is -3.58. The SMILES string of the molecule is C=CCOC(=O)OC[C@@H](NC(=O)OCC1c2ccccc2-c2ccccc21)[C@H](O)C=C. The van der Waals surface area contributed by atoms with Gasteiger partial charge in [0.1, 0.15) is 19.8 Å². The summed E-state index contributed by atoms with van der Waals surface area (Å²) in [4.78, 5) is 23.9. The highest BCUT2D eigenvalue weighted by molar-refractivity contribution is 5.79. The first kappa shape index (κ1) is 22.1. The molecule has 0 fully saturated rings. The van der Waals surface area contributed by atoms with E-state index >= 15 is 0 Å². The van der Waals surface area contributed by atoms with Crippen LogP contribution < -0.4 is 5.32 Å². The average molecular weight is 423 g/mol. The molecule has 31 heavy (non-hydrogen) atoms. The molecule has 2 N–H and O–H groups in total. The molecule has 7 heteroatoms. The smallest absolute Gasteiger partial charge is 0.449 e. The van der Waals surface area contributed by atoms with Crippen LogP contribution in [0.1, 0.15) is 17.0 Å². The fourth-order valence-corrected chi connectivity index (χ4v) is 3.51. The summed E-state index contributed by atoms with van der Waals surface area (Å²) >= 11 is 0. The van der Waals surface area contributed by atoms with Gasteiger partial charge in [0.2, 0.25) is 0 Å². The highest BCUT2D eigenvalue weighted by Crippen LogP contribution is 2.44. The van der Waals surface area contributed by atoms with Gasteiger partial charge in [0.05, 0.1) is 12.1 Å². The summed E-state index contributed by atoms with van der Waals surface area (Å²) in [6, 6.07) is 15.1. The molecule has 0 heterocycles. The Kier molecular flexibility index (Phi) is 7.45. The molecule has 0 saturated carbocycles. The topological polar surface area (TPSA) is 94.1 Å². The van der Waals surface area contributed by atoms with Crippen molar-refractivity contribution in [1.82, 2.24) is 5.32 Å². The zero-order valence-corrected chi connectivity index (χ0v) is 17.0. The van der Waals surface area contributed by atoms with Gasteiger partial charge in [0, 0.05) is 5.92 Å². The van der Waals surface area contributed by atoms with Crippen LogP contribution in [0, 0.1) is 0 Å². The fourth-order valence-electron chi connectivity index (χ4n) is 3.51. The predicted molar refractivity (Wildman–Crippen MR) is 116 cm³/mol. The van der Waals surface area contributed by atoms with E-state index in [2.05, 4.69) is 18.5 Å². The number of aliphatic hydroxyl groups is 1. The molecule has 0 unspecified atom stereocenters. The molecule has 3 rings (SSSR count). The highest BCUT2D eigenvalue weighted by atomic mass is 16.7. The predicted octanol–water partition coefficient (Wildman–Crippen LogP) is 3.78. The Morgan fingerprint density at radius 1 is 1.00 bits per heavy atom. The van der Waals surface area contributed by atoms with Crippen LogP contribution >= 0.6 is 0 Å². The Bertz CT molecular complexity index is 911. The Morgan fingerprint density at radius 3 is 2.19 bits per heavy atom. The van der Waals surface area contributed by atoms with Crippen molar-refractivity contribution in [2.24, 2.45) is 0 Å². The van der Waals surface area contributed by atoms with Crippen LogP contribution in [0.15, 0.2) is 73.8 Å². The number of ether oxygens (including phenoxy) is 3.